The summed E-state index contributed by atoms with van der Waals surface area (Å²) in [7, 11) is 0. The molecule has 2 N–H and O–H groups in total. The zero-order valence-corrected chi connectivity index (χ0v) is 17.3. The Hall–Kier alpha value is -3.87. The summed E-state index contributed by atoms with van der Waals surface area (Å²) < 4.78 is 6.64. The number of rotatable bonds is 8. The molecule has 0 aliphatic heterocycles. The van der Waals surface area contributed by atoms with Crippen molar-refractivity contribution in [3.8, 4) is 17.0 Å². The van der Waals surface area contributed by atoms with Crippen LogP contribution in [0.25, 0.3) is 22.2 Å². The van der Waals surface area contributed by atoms with Crippen LogP contribution in [0.5, 0.6) is 5.75 Å². The maximum atomic E-state index is 12.4. The minimum Gasteiger partial charge on any atom is -0.494 e. The van der Waals surface area contributed by atoms with Crippen molar-refractivity contribution in [1.29, 1.82) is 0 Å². The molecule has 0 atom stereocenters. The summed E-state index contributed by atoms with van der Waals surface area (Å²) in [6.07, 6.45) is 2.66. The van der Waals surface area contributed by atoms with Gasteiger partial charge in [-0.1, -0.05) is 18.2 Å². The molecule has 0 saturated heterocycles. The van der Waals surface area contributed by atoms with Crippen LogP contribution in [0, 0.1) is 0 Å². The van der Waals surface area contributed by atoms with Crippen LogP contribution < -0.4 is 15.6 Å². The van der Waals surface area contributed by atoms with Gasteiger partial charge in [0.2, 0.25) is 5.91 Å². The van der Waals surface area contributed by atoms with E-state index in [1.54, 1.807) is 6.07 Å². The third-order valence-electron chi connectivity index (χ3n) is 5.01. The smallest absolute Gasteiger partial charge is 0.267 e. The van der Waals surface area contributed by atoms with Crippen LogP contribution in [0.1, 0.15) is 12.5 Å². The molecule has 158 valence electrons. The molecule has 0 spiro atoms. The number of aromatic nitrogens is 3. The molecule has 0 bridgehead atoms. The van der Waals surface area contributed by atoms with Crippen molar-refractivity contribution < 1.29 is 9.53 Å². The zero-order valence-electron chi connectivity index (χ0n) is 17.3. The van der Waals surface area contributed by atoms with Gasteiger partial charge in [-0.15, -0.1) is 0 Å². The molecule has 2 heterocycles. The average molecular weight is 416 g/mol. The van der Waals surface area contributed by atoms with Gasteiger partial charge in [0.25, 0.3) is 5.56 Å². The third kappa shape index (κ3) is 4.83. The van der Waals surface area contributed by atoms with E-state index >= 15 is 0 Å². The monoisotopic (exact) mass is 416 g/mol. The Morgan fingerprint density at radius 3 is 2.71 bits per heavy atom. The Kier molecular flexibility index (Phi) is 6.12. The molecule has 0 fully saturated rings. The van der Waals surface area contributed by atoms with E-state index in [9.17, 15) is 9.59 Å². The zero-order chi connectivity index (χ0) is 21.6. The predicted octanol–water partition coefficient (Wildman–Crippen LogP) is 3.15. The number of amides is 1. The van der Waals surface area contributed by atoms with Gasteiger partial charge in [-0.3, -0.25) is 9.59 Å². The molecule has 0 unspecified atom stereocenters. The van der Waals surface area contributed by atoms with Crippen molar-refractivity contribution in [2.24, 2.45) is 0 Å². The van der Waals surface area contributed by atoms with E-state index in [1.807, 2.05) is 55.6 Å². The van der Waals surface area contributed by atoms with E-state index in [-0.39, 0.29) is 18.0 Å². The second-order valence-electron chi connectivity index (χ2n) is 7.13. The third-order valence-corrected chi connectivity index (χ3v) is 5.01. The SMILES string of the molecule is CCOc1ccc(-c2ccc(=O)n(CC(=O)NCCc3c[nH]c4ccccc34)n2)cc1. The first-order chi connectivity index (χ1) is 15.1. The fourth-order valence-electron chi connectivity index (χ4n) is 3.47. The molecule has 7 nitrogen and oxygen atoms in total. The molecule has 4 rings (SSSR count). The Labute approximate surface area is 179 Å². The summed E-state index contributed by atoms with van der Waals surface area (Å²) in [5, 5.41) is 8.38. The predicted molar refractivity (Wildman–Crippen MR) is 120 cm³/mol. The number of fused-ring (bicyclic) bond motifs is 1. The minimum absolute atomic E-state index is 0.127. The first-order valence-corrected chi connectivity index (χ1v) is 10.3. The van der Waals surface area contributed by atoms with Crippen molar-refractivity contribution in [2.75, 3.05) is 13.2 Å². The summed E-state index contributed by atoms with van der Waals surface area (Å²) in [6.45, 7) is 2.88. The second kappa shape index (κ2) is 9.30. The van der Waals surface area contributed by atoms with Crippen molar-refractivity contribution in [2.45, 2.75) is 19.9 Å². The highest BCUT2D eigenvalue weighted by Gasteiger charge is 2.09. The number of benzene rings is 2. The lowest BCUT2D eigenvalue weighted by Gasteiger charge is -2.09. The Balaban J connectivity index is 1.38. The molecule has 7 heteroatoms. The van der Waals surface area contributed by atoms with Gasteiger partial charge < -0.3 is 15.0 Å². The van der Waals surface area contributed by atoms with Crippen LogP contribution in [0.2, 0.25) is 0 Å². The Morgan fingerprint density at radius 1 is 1.10 bits per heavy atom. The molecule has 1 amide bonds. The van der Waals surface area contributed by atoms with Gasteiger partial charge in [0.05, 0.1) is 12.3 Å². The topological polar surface area (TPSA) is 89.0 Å². The van der Waals surface area contributed by atoms with Gasteiger partial charge >= 0.3 is 0 Å². The number of nitrogens with one attached hydrogen (secondary N) is 2. The van der Waals surface area contributed by atoms with Crippen LogP contribution in [0.15, 0.2) is 71.7 Å². The van der Waals surface area contributed by atoms with Gasteiger partial charge in [0, 0.05) is 35.3 Å². The number of carbonyl (C=O) groups is 1. The summed E-state index contributed by atoms with van der Waals surface area (Å²) in [6, 6.07) is 18.6. The van der Waals surface area contributed by atoms with E-state index in [0.717, 1.165) is 27.8 Å². The number of H-pyrrole nitrogens is 1. The van der Waals surface area contributed by atoms with Crippen molar-refractivity contribution in [3.63, 3.8) is 0 Å². The number of hydrogen-bond acceptors (Lipinski definition) is 4. The standard InChI is InChI=1S/C24H24N4O3/c1-2-31-19-9-7-17(8-10-19)21-11-12-24(30)28(27-21)16-23(29)25-14-13-18-15-26-22-6-4-3-5-20(18)22/h3-12,15,26H,2,13-14,16H2,1H3,(H,25,29). The van der Waals surface area contributed by atoms with Crippen molar-refractivity contribution in [1.82, 2.24) is 20.1 Å². The van der Waals surface area contributed by atoms with E-state index in [2.05, 4.69) is 21.5 Å². The molecule has 2 aromatic carbocycles. The van der Waals surface area contributed by atoms with Gasteiger partial charge in [-0.25, -0.2) is 4.68 Å². The van der Waals surface area contributed by atoms with Gasteiger partial charge in [-0.2, -0.15) is 5.10 Å². The molecule has 0 saturated carbocycles. The number of hydrogen-bond donors (Lipinski definition) is 2. The number of nitrogens with zero attached hydrogens (tertiary/aromatic N) is 2. The largest absolute Gasteiger partial charge is 0.494 e. The Morgan fingerprint density at radius 2 is 1.90 bits per heavy atom. The van der Waals surface area contributed by atoms with Crippen molar-refractivity contribution in [3.05, 3.63) is 82.8 Å². The fourth-order valence-corrected chi connectivity index (χ4v) is 3.47. The van der Waals surface area contributed by atoms with Crippen molar-refractivity contribution >= 4 is 16.8 Å². The molecule has 0 aliphatic rings. The Bertz CT molecular complexity index is 1240. The highest BCUT2D eigenvalue weighted by molar-refractivity contribution is 5.83. The van der Waals surface area contributed by atoms with Gasteiger partial charge in [0.1, 0.15) is 12.3 Å². The van der Waals surface area contributed by atoms with E-state index in [0.29, 0.717) is 25.3 Å². The maximum absolute atomic E-state index is 12.4. The molecular weight excluding hydrogens is 392 g/mol. The van der Waals surface area contributed by atoms with Crippen LogP contribution >= 0.6 is 0 Å². The summed E-state index contributed by atoms with van der Waals surface area (Å²) in [5.74, 6) is 0.521. The lowest BCUT2D eigenvalue weighted by Crippen LogP contribution is -2.34. The van der Waals surface area contributed by atoms with E-state index in [1.165, 1.54) is 10.7 Å². The van der Waals surface area contributed by atoms with Crippen LogP contribution in [0.4, 0.5) is 0 Å². The molecule has 4 aromatic rings. The second-order valence-corrected chi connectivity index (χ2v) is 7.13. The maximum Gasteiger partial charge on any atom is 0.267 e. The summed E-state index contributed by atoms with van der Waals surface area (Å²) in [5.41, 5.74) is 3.36. The van der Waals surface area contributed by atoms with E-state index in [4.69, 9.17) is 4.74 Å². The number of aromatic amines is 1. The first kappa shape index (κ1) is 20.4. The quantitative estimate of drug-likeness (QED) is 0.462. The van der Waals surface area contributed by atoms with Gasteiger partial charge in [0.15, 0.2) is 0 Å². The lowest BCUT2D eigenvalue weighted by molar-refractivity contribution is -0.121. The highest BCUT2D eigenvalue weighted by atomic mass is 16.5. The molecule has 2 aromatic heterocycles. The van der Waals surface area contributed by atoms with E-state index < -0.39 is 0 Å². The summed E-state index contributed by atoms with van der Waals surface area (Å²) in [4.78, 5) is 27.8. The number of ether oxygens (including phenoxy) is 1. The molecule has 31 heavy (non-hydrogen) atoms. The minimum atomic E-state index is -0.318. The molecule has 0 aliphatic carbocycles. The number of carbonyl (C=O) groups excluding carboxylic acids is 1. The molecular formula is C24H24N4O3. The van der Waals surface area contributed by atoms with Crippen LogP contribution in [-0.2, 0) is 17.8 Å². The first-order valence-electron chi connectivity index (χ1n) is 10.3. The van der Waals surface area contributed by atoms with Gasteiger partial charge in [-0.05, 0) is 55.3 Å². The average Bonchev–Trinajstić information content (AvgIpc) is 3.19. The van der Waals surface area contributed by atoms with Crippen LogP contribution in [0.3, 0.4) is 0 Å². The normalized spacial score (nSPS) is 10.9. The summed E-state index contributed by atoms with van der Waals surface area (Å²) >= 11 is 0. The molecule has 0 radical (unpaired) electrons. The number of para-hydroxylation sites is 1. The van der Waals surface area contributed by atoms with Crippen LogP contribution in [-0.4, -0.2) is 33.8 Å². The highest BCUT2D eigenvalue weighted by Crippen LogP contribution is 2.20. The fraction of sp³-hybridized carbons (Fsp3) is 0.208. The lowest BCUT2D eigenvalue weighted by atomic mass is 10.1.